The van der Waals surface area contributed by atoms with Gasteiger partial charge in [-0.1, -0.05) is 72.4 Å². The van der Waals surface area contributed by atoms with E-state index in [0.717, 1.165) is 41.2 Å². The second kappa shape index (κ2) is 11.4. The third-order valence-corrected chi connectivity index (χ3v) is 5.90. The molecule has 5 nitrogen and oxygen atoms in total. The van der Waals surface area contributed by atoms with Crippen LogP contribution in [0, 0.1) is 0 Å². The first-order chi connectivity index (χ1) is 14.9. The molecule has 1 aliphatic heterocycles. The minimum Gasteiger partial charge on any atom is -0.494 e. The highest BCUT2D eigenvalue weighted by Crippen LogP contribution is 2.28. The number of ether oxygens (including phenoxy) is 2. The topological polar surface area (TPSA) is 52.0 Å². The summed E-state index contributed by atoms with van der Waals surface area (Å²) in [5.74, 6) is 0.582. The van der Waals surface area contributed by atoms with Gasteiger partial charge in [-0.05, 0) is 41.8 Å². The van der Waals surface area contributed by atoms with Gasteiger partial charge in [-0.2, -0.15) is 0 Å². The predicted molar refractivity (Wildman–Crippen MR) is 125 cm³/mol. The number of alkyl halides is 3. The maximum Gasteiger partial charge on any atom is 0.262 e. The Kier molecular flexibility index (Phi) is 8.87. The molecule has 0 bridgehead atoms. The number of carbonyl (C=O) groups excluding carboxylic acids is 1. The van der Waals surface area contributed by atoms with Crippen LogP contribution >= 0.6 is 34.8 Å². The molecule has 2 aromatic rings. The van der Waals surface area contributed by atoms with Gasteiger partial charge < -0.3 is 14.4 Å². The fourth-order valence-corrected chi connectivity index (χ4v) is 4.07. The van der Waals surface area contributed by atoms with Gasteiger partial charge in [0.25, 0.3) is 9.70 Å². The number of unbranched alkanes of at least 4 members (excludes halogenated alkanes) is 1. The summed E-state index contributed by atoms with van der Waals surface area (Å²) in [7, 11) is 0. The molecule has 1 fully saturated rings. The van der Waals surface area contributed by atoms with Gasteiger partial charge in [0.05, 0.1) is 19.8 Å². The minimum absolute atomic E-state index is 0.276. The average molecular weight is 487 g/mol. The second-order valence-electron chi connectivity index (χ2n) is 7.52. The molecule has 0 radical (unpaired) electrons. The summed E-state index contributed by atoms with van der Waals surface area (Å²) < 4.78 is 9.45. The van der Waals surface area contributed by atoms with Gasteiger partial charge in [0, 0.05) is 5.56 Å². The first kappa shape index (κ1) is 24.1. The number of quaternary nitrogens is 1. The van der Waals surface area contributed by atoms with Crippen molar-refractivity contribution in [1.82, 2.24) is 5.32 Å². The van der Waals surface area contributed by atoms with Crippen molar-refractivity contribution in [3.8, 4) is 16.9 Å². The lowest BCUT2D eigenvalue weighted by atomic mass is 10.0. The van der Waals surface area contributed by atoms with E-state index in [-0.39, 0.29) is 5.91 Å². The first-order valence-electron chi connectivity index (χ1n) is 10.5. The van der Waals surface area contributed by atoms with Crippen molar-refractivity contribution in [2.24, 2.45) is 0 Å². The van der Waals surface area contributed by atoms with Crippen molar-refractivity contribution in [2.45, 2.75) is 29.7 Å². The predicted octanol–water partition coefficient (Wildman–Crippen LogP) is 3.87. The summed E-state index contributed by atoms with van der Waals surface area (Å²) in [6.45, 7) is 5.32. The Labute approximate surface area is 198 Å². The largest absolute Gasteiger partial charge is 0.494 e. The van der Waals surface area contributed by atoms with E-state index in [1.165, 1.54) is 0 Å². The molecule has 1 saturated heterocycles. The van der Waals surface area contributed by atoms with E-state index in [4.69, 9.17) is 44.3 Å². The van der Waals surface area contributed by atoms with Crippen LogP contribution in [0.15, 0.2) is 48.5 Å². The quantitative estimate of drug-likeness (QED) is 0.440. The van der Waals surface area contributed by atoms with Crippen LogP contribution in [0.25, 0.3) is 11.1 Å². The number of halogens is 3. The maximum atomic E-state index is 12.8. The summed E-state index contributed by atoms with van der Waals surface area (Å²) >= 11 is 18.5. The lowest BCUT2D eigenvalue weighted by Crippen LogP contribution is -3.21. The van der Waals surface area contributed by atoms with E-state index in [1.807, 2.05) is 36.4 Å². The van der Waals surface area contributed by atoms with E-state index in [9.17, 15) is 4.79 Å². The van der Waals surface area contributed by atoms with Gasteiger partial charge in [-0.25, -0.2) is 0 Å². The molecule has 2 N–H and O–H groups in total. The Morgan fingerprint density at radius 3 is 2.19 bits per heavy atom. The maximum absolute atomic E-state index is 12.8. The molecule has 2 aromatic carbocycles. The number of hydrogen-bond donors (Lipinski definition) is 2. The van der Waals surface area contributed by atoms with Crippen molar-refractivity contribution >= 4 is 40.7 Å². The van der Waals surface area contributed by atoms with E-state index in [2.05, 4.69) is 12.2 Å². The van der Waals surface area contributed by atoms with E-state index in [0.29, 0.717) is 31.9 Å². The molecule has 0 aromatic heterocycles. The highest BCUT2D eigenvalue weighted by atomic mass is 35.6. The van der Waals surface area contributed by atoms with Crippen LogP contribution in [0.1, 0.15) is 30.1 Å². The zero-order valence-corrected chi connectivity index (χ0v) is 19.8. The number of benzene rings is 2. The number of amides is 1. The highest BCUT2D eigenvalue weighted by molar-refractivity contribution is 6.68. The normalized spacial score (nSPS) is 16.0. The van der Waals surface area contributed by atoms with Crippen LogP contribution in [-0.4, -0.2) is 48.8 Å². The van der Waals surface area contributed by atoms with Crippen molar-refractivity contribution in [2.75, 3.05) is 32.9 Å². The fourth-order valence-electron chi connectivity index (χ4n) is 3.44. The highest BCUT2D eigenvalue weighted by Gasteiger charge is 2.42. The van der Waals surface area contributed by atoms with Crippen LogP contribution in [0.2, 0.25) is 0 Å². The molecule has 0 saturated carbocycles. The lowest BCUT2D eigenvalue weighted by Gasteiger charge is -2.35. The summed E-state index contributed by atoms with van der Waals surface area (Å²) in [5, 5.41) is 2.89. The van der Waals surface area contributed by atoms with Crippen LogP contribution in [0.3, 0.4) is 0 Å². The van der Waals surface area contributed by atoms with Crippen LogP contribution in [-0.2, 0) is 4.74 Å². The summed E-state index contributed by atoms with van der Waals surface area (Å²) in [6.07, 6.45) is 1.49. The molecule has 1 aliphatic rings. The number of nitrogens with one attached hydrogen (secondary N) is 2. The molecule has 31 heavy (non-hydrogen) atoms. The summed E-state index contributed by atoms with van der Waals surface area (Å²) in [4.78, 5) is 13.8. The second-order valence-corrected chi connectivity index (χ2v) is 9.89. The third-order valence-electron chi connectivity index (χ3n) is 5.25. The average Bonchev–Trinajstić information content (AvgIpc) is 2.78. The monoisotopic (exact) mass is 485 g/mol. The Bertz CT molecular complexity index is 833. The Balaban J connectivity index is 1.65. The number of morpholine rings is 1. The van der Waals surface area contributed by atoms with Crippen molar-refractivity contribution < 1.29 is 19.2 Å². The van der Waals surface area contributed by atoms with Crippen molar-refractivity contribution in [3.05, 3.63) is 54.1 Å². The standard InChI is InChI=1S/C23H27Cl3N2O3/c1-2-3-14-31-20-10-8-18(9-11-20)17-4-6-19(7-5-17)21(29)27-22(23(24,25)26)28-12-15-30-16-13-28/h4-11,22H,2-3,12-16H2,1H3,(H,27,29)/p+1/t22-/m0/s1. The molecular weight excluding hydrogens is 459 g/mol. The van der Waals surface area contributed by atoms with Crippen LogP contribution in [0.4, 0.5) is 0 Å². The van der Waals surface area contributed by atoms with Gasteiger partial charge in [-0.3, -0.25) is 10.1 Å². The van der Waals surface area contributed by atoms with Gasteiger partial charge in [0.15, 0.2) is 0 Å². The number of rotatable bonds is 8. The molecular formula is C23H28Cl3N2O3+. The van der Waals surface area contributed by atoms with E-state index in [1.54, 1.807) is 12.1 Å². The number of hydrogen-bond acceptors (Lipinski definition) is 3. The van der Waals surface area contributed by atoms with Gasteiger partial charge >= 0.3 is 0 Å². The molecule has 8 heteroatoms. The fraction of sp³-hybridized carbons (Fsp3) is 0.435. The lowest BCUT2D eigenvalue weighted by molar-refractivity contribution is -0.934. The molecule has 1 atom stereocenters. The number of carbonyl (C=O) groups is 1. The zero-order chi connectivity index (χ0) is 22.3. The van der Waals surface area contributed by atoms with Crippen molar-refractivity contribution in [3.63, 3.8) is 0 Å². The van der Waals surface area contributed by atoms with Gasteiger partial charge in [-0.15, -0.1) is 0 Å². The van der Waals surface area contributed by atoms with Crippen molar-refractivity contribution in [1.29, 1.82) is 0 Å². The summed E-state index contributed by atoms with van der Waals surface area (Å²) in [6, 6.07) is 15.3. The Hall–Kier alpha value is -1.50. The van der Waals surface area contributed by atoms with Crippen LogP contribution in [0.5, 0.6) is 5.75 Å². The van der Waals surface area contributed by atoms with E-state index >= 15 is 0 Å². The zero-order valence-electron chi connectivity index (χ0n) is 17.5. The molecule has 168 valence electrons. The molecule has 1 heterocycles. The Morgan fingerprint density at radius 1 is 1.06 bits per heavy atom. The molecule has 0 unspecified atom stereocenters. The first-order valence-corrected chi connectivity index (χ1v) is 11.6. The van der Waals surface area contributed by atoms with Crippen LogP contribution < -0.4 is 15.0 Å². The Morgan fingerprint density at radius 2 is 1.65 bits per heavy atom. The SMILES string of the molecule is CCCCOc1ccc(-c2ccc(C(=O)N[C@@H]([NH+]3CCOCC3)C(Cl)(Cl)Cl)cc2)cc1. The molecule has 1 amide bonds. The molecule has 0 aliphatic carbocycles. The van der Waals surface area contributed by atoms with Gasteiger partial charge in [0.2, 0.25) is 6.17 Å². The summed E-state index contributed by atoms with van der Waals surface area (Å²) in [5.41, 5.74) is 2.57. The minimum atomic E-state index is -1.62. The van der Waals surface area contributed by atoms with E-state index < -0.39 is 9.96 Å². The van der Waals surface area contributed by atoms with Gasteiger partial charge in [0.1, 0.15) is 18.8 Å². The molecule has 0 spiro atoms. The molecule has 3 rings (SSSR count). The smallest absolute Gasteiger partial charge is 0.262 e. The third kappa shape index (κ3) is 6.99.